The van der Waals surface area contributed by atoms with Crippen LogP contribution in [0.15, 0.2) is 23.1 Å². The third-order valence-corrected chi connectivity index (χ3v) is 5.73. The first kappa shape index (κ1) is 13.6. The van der Waals surface area contributed by atoms with Gasteiger partial charge in [-0.15, -0.1) is 0 Å². The number of sulfonamides is 1. The van der Waals surface area contributed by atoms with E-state index in [-0.39, 0.29) is 21.1 Å². The van der Waals surface area contributed by atoms with Crippen molar-refractivity contribution in [2.45, 2.75) is 43.0 Å². The molecule has 1 fully saturated rings. The Kier molecular flexibility index (Phi) is 3.58. The number of rotatable bonds is 4. The highest BCUT2D eigenvalue weighted by atomic mass is 35.5. The molecule has 0 saturated heterocycles. The molecule has 2 rings (SSSR count). The molecule has 0 bridgehead atoms. The maximum atomic E-state index is 12.4. The molecule has 1 aliphatic rings. The van der Waals surface area contributed by atoms with Crippen LogP contribution in [0, 0.1) is 0 Å². The summed E-state index contributed by atoms with van der Waals surface area (Å²) in [4.78, 5) is -0.00797. The van der Waals surface area contributed by atoms with Crippen LogP contribution in [0.2, 0.25) is 5.02 Å². The van der Waals surface area contributed by atoms with Gasteiger partial charge in [0.05, 0.1) is 10.7 Å². The van der Waals surface area contributed by atoms with Crippen LogP contribution in [0.25, 0.3) is 0 Å². The fourth-order valence-corrected chi connectivity index (χ4v) is 4.49. The van der Waals surface area contributed by atoms with Gasteiger partial charge in [-0.2, -0.15) is 0 Å². The van der Waals surface area contributed by atoms with Crippen molar-refractivity contribution in [1.82, 2.24) is 4.72 Å². The lowest BCUT2D eigenvalue weighted by atomic mass is 9.76. The van der Waals surface area contributed by atoms with Crippen molar-refractivity contribution in [3.8, 4) is 0 Å². The lowest BCUT2D eigenvalue weighted by Crippen LogP contribution is -2.52. The first-order valence-corrected chi connectivity index (χ1v) is 7.84. The second-order valence-corrected chi connectivity index (χ2v) is 6.78. The Morgan fingerprint density at radius 1 is 1.44 bits per heavy atom. The number of nitrogens with one attached hydrogen (secondary N) is 1. The quantitative estimate of drug-likeness (QED) is 0.836. The van der Waals surface area contributed by atoms with Gasteiger partial charge in [-0.1, -0.05) is 24.6 Å². The maximum Gasteiger partial charge on any atom is 0.244 e. The molecule has 0 heterocycles. The van der Waals surface area contributed by atoms with Gasteiger partial charge in [-0.25, -0.2) is 13.1 Å². The molecule has 0 aromatic heterocycles. The van der Waals surface area contributed by atoms with E-state index >= 15 is 0 Å². The predicted molar refractivity (Wildman–Crippen MR) is 73.1 cm³/mol. The largest absolute Gasteiger partial charge is 0.398 e. The van der Waals surface area contributed by atoms with E-state index in [1.165, 1.54) is 6.07 Å². The highest BCUT2D eigenvalue weighted by Crippen LogP contribution is 2.37. The average Bonchev–Trinajstić information content (AvgIpc) is 2.23. The van der Waals surface area contributed by atoms with Crippen molar-refractivity contribution in [3.63, 3.8) is 0 Å². The first-order valence-electron chi connectivity index (χ1n) is 5.98. The molecular formula is C12H17ClN2O2S. The van der Waals surface area contributed by atoms with Crippen LogP contribution < -0.4 is 10.5 Å². The van der Waals surface area contributed by atoms with Gasteiger partial charge < -0.3 is 5.73 Å². The van der Waals surface area contributed by atoms with Gasteiger partial charge in [0.15, 0.2) is 0 Å². The van der Waals surface area contributed by atoms with Crippen LogP contribution in [0.1, 0.15) is 32.6 Å². The monoisotopic (exact) mass is 288 g/mol. The Morgan fingerprint density at radius 3 is 2.56 bits per heavy atom. The van der Waals surface area contributed by atoms with Crippen LogP contribution in [0.4, 0.5) is 5.69 Å². The molecule has 4 nitrogen and oxygen atoms in total. The molecule has 1 aromatic rings. The highest BCUT2D eigenvalue weighted by Gasteiger charge is 2.39. The third kappa shape index (κ3) is 2.35. The molecule has 0 spiro atoms. The summed E-state index contributed by atoms with van der Waals surface area (Å²) >= 11 is 5.95. The summed E-state index contributed by atoms with van der Waals surface area (Å²) in [5.41, 5.74) is 5.59. The second kappa shape index (κ2) is 4.72. The minimum absolute atomic E-state index is 0.00797. The fourth-order valence-electron chi connectivity index (χ4n) is 2.28. The number of nitrogens with two attached hydrogens (primary N) is 1. The van der Waals surface area contributed by atoms with E-state index in [1.807, 2.05) is 6.92 Å². The highest BCUT2D eigenvalue weighted by molar-refractivity contribution is 7.89. The van der Waals surface area contributed by atoms with Crippen LogP contribution in [-0.2, 0) is 10.0 Å². The topological polar surface area (TPSA) is 72.2 Å². The van der Waals surface area contributed by atoms with Crippen LogP contribution in [-0.4, -0.2) is 14.0 Å². The summed E-state index contributed by atoms with van der Waals surface area (Å²) in [5, 5.41) is 0.160. The molecule has 1 aliphatic carbocycles. The zero-order valence-electron chi connectivity index (χ0n) is 10.2. The minimum atomic E-state index is -3.66. The van der Waals surface area contributed by atoms with Crippen molar-refractivity contribution < 1.29 is 8.42 Å². The van der Waals surface area contributed by atoms with Crippen molar-refractivity contribution in [2.24, 2.45) is 0 Å². The SMILES string of the molecule is CCC1(NS(=O)(=O)c2c(N)cccc2Cl)CCC1. The first-order chi connectivity index (χ1) is 8.40. The van der Waals surface area contributed by atoms with E-state index in [0.717, 1.165) is 25.7 Å². The van der Waals surface area contributed by atoms with E-state index in [0.29, 0.717) is 0 Å². The molecule has 0 aliphatic heterocycles. The number of nitrogen functional groups attached to an aromatic ring is 1. The van der Waals surface area contributed by atoms with Gasteiger partial charge in [-0.05, 0) is 37.8 Å². The van der Waals surface area contributed by atoms with Gasteiger partial charge >= 0.3 is 0 Å². The Labute approximate surface area is 113 Å². The Balaban J connectivity index is 2.37. The number of hydrogen-bond donors (Lipinski definition) is 2. The lowest BCUT2D eigenvalue weighted by molar-refractivity contribution is 0.214. The number of anilines is 1. The molecule has 0 radical (unpaired) electrons. The average molecular weight is 289 g/mol. The number of hydrogen-bond acceptors (Lipinski definition) is 3. The van der Waals surface area contributed by atoms with E-state index < -0.39 is 10.0 Å². The zero-order valence-corrected chi connectivity index (χ0v) is 11.8. The number of halogens is 1. The molecule has 0 amide bonds. The molecule has 1 saturated carbocycles. The Bertz CT molecular complexity index is 527. The fraction of sp³-hybridized carbons (Fsp3) is 0.500. The van der Waals surface area contributed by atoms with Gasteiger partial charge in [0, 0.05) is 5.54 Å². The van der Waals surface area contributed by atoms with Gasteiger partial charge in [0.25, 0.3) is 0 Å². The normalized spacial score (nSPS) is 18.3. The zero-order chi connectivity index (χ0) is 13.4. The van der Waals surface area contributed by atoms with Crippen molar-refractivity contribution in [2.75, 3.05) is 5.73 Å². The predicted octanol–water partition coefficient (Wildman–Crippen LogP) is 2.53. The number of benzene rings is 1. The van der Waals surface area contributed by atoms with E-state index in [2.05, 4.69) is 4.72 Å². The smallest absolute Gasteiger partial charge is 0.244 e. The van der Waals surface area contributed by atoms with Gasteiger partial charge in [0.1, 0.15) is 4.90 Å². The van der Waals surface area contributed by atoms with E-state index in [9.17, 15) is 8.42 Å². The van der Waals surface area contributed by atoms with Gasteiger partial charge in [-0.3, -0.25) is 0 Å². The van der Waals surface area contributed by atoms with Crippen molar-refractivity contribution >= 4 is 27.3 Å². The molecule has 3 N–H and O–H groups in total. The van der Waals surface area contributed by atoms with Gasteiger partial charge in [0.2, 0.25) is 10.0 Å². The van der Waals surface area contributed by atoms with E-state index in [4.69, 9.17) is 17.3 Å². The Morgan fingerprint density at radius 2 is 2.11 bits per heavy atom. The van der Waals surface area contributed by atoms with Crippen LogP contribution in [0.5, 0.6) is 0 Å². The second-order valence-electron chi connectivity index (χ2n) is 4.75. The Hall–Kier alpha value is -0.780. The standard InChI is InChI=1S/C12H17ClN2O2S/c1-2-12(7-4-8-12)15-18(16,17)11-9(13)5-3-6-10(11)14/h3,5-6,15H,2,4,7-8,14H2,1H3. The summed E-state index contributed by atoms with van der Waals surface area (Å²) in [6, 6.07) is 4.71. The summed E-state index contributed by atoms with van der Waals surface area (Å²) in [7, 11) is -3.66. The summed E-state index contributed by atoms with van der Waals surface area (Å²) in [5.74, 6) is 0. The third-order valence-electron chi connectivity index (χ3n) is 3.60. The van der Waals surface area contributed by atoms with Crippen molar-refractivity contribution in [3.05, 3.63) is 23.2 Å². The lowest BCUT2D eigenvalue weighted by Gasteiger charge is -2.41. The maximum absolute atomic E-state index is 12.4. The molecule has 0 atom stereocenters. The summed E-state index contributed by atoms with van der Waals surface area (Å²) in [6.07, 6.45) is 3.56. The molecular weight excluding hydrogens is 272 g/mol. The molecule has 1 aromatic carbocycles. The summed E-state index contributed by atoms with van der Waals surface area (Å²) < 4.78 is 27.5. The molecule has 0 unspecified atom stereocenters. The van der Waals surface area contributed by atoms with Crippen LogP contribution in [0.3, 0.4) is 0 Å². The minimum Gasteiger partial charge on any atom is -0.398 e. The van der Waals surface area contributed by atoms with E-state index in [1.54, 1.807) is 12.1 Å². The van der Waals surface area contributed by atoms with Crippen molar-refractivity contribution in [1.29, 1.82) is 0 Å². The molecule has 18 heavy (non-hydrogen) atoms. The molecule has 6 heteroatoms. The summed E-state index contributed by atoms with van der Waals surface area (Å²) in [6.45, 7) is 1.98. The van der Waals surface area contributed by atoms with Crippen LogP contribution >= 0.6 is 11.6 Å². The molecule has 100 valence electrons.